The zero-order valence-corrected chi connectivity index (χ0v) is 23.3. The highest BCUT2D eigenvalue weighted by Gasteiger charge is 2.62. The molecule has 0 aromatic heterocycles. The number of nitrogens with zero attached hydrogens (tertiary/aromatic N) is 1. The Kier molecular flexibility index (Phi) is 8.23. The number of fused-ring (bicyclic) bond motifs is 1. The number of benzene rings is 3. The largest absolute Gasteiger partial charge is 0.444 e. The molecule has 1 unspecified atom stereocenters. The molecule has 1 aliphatic rings. The fraction of sp³-hybridized carbons (Fsp3) is 0.321. The van der Waals surface area contributed by atoms with Gasteiger partial charge in [0.05, 0.1) is 5.71 Å². The van der Waals surface area contributed by atoms with Crippen LogP contribution in [0.4, 0.5) is 18.0 Å². The molecule has 1 heterocycles. The Morgan fingerprint density at radius 2 is 1.60 bits per heavy atom. The van der Waals surface area contributed by atoms with Crippen LogP contribution in [-0.2, 0) is 15.2 Å². The highest BCUT2D eigenvalue weighted by molar-refractivity contribution is 6.34. The van der Waals surface area contributed by atoms with Crippen molar-refractivity contribution in [1.29, 1.82) is 0 Å². The lowest BCUT2D eigenvalue weighted by Crippen LogP contribution is -2.42. The summed E-state index contributed by atoms with van der Waals surface area (Å²) in [7, 11) is 0. The fourth-order valence-electron chi connectivity index (χ4n) is 4.33. The van der Waals surface area contributed by atoms with Crippen molar-refractivity contribution in [3.63, 3.8) is 0 Å². The van der Waals surface area contributed by atoms with E-state index in [9.17, 15) is 22.8 Å². The highest BCUT2D eigenvalue weighted by Crippen LogP contribution is 2.50. The number of ether oxygens (including phenoxy) is 1. The van der Waals surface area contributed by atoms with Crippen molar-refractivity contribution in [3.05, 3.63) is 81.3 Å². The molecule has 0 radical (unpaired) electrons. The minimum Gasteiger partial charge on any atom is -0.444 e. The van der Waals surface area contributed by atoms with Crippen LogP contribution in [0.3, 0.4) is 0 Å². The molecule has 0 bridgehead atoms. The summed E-state index contributed by atoms with van der Waals surface area (Å²) < 4.78 is 48.5. The van der Waals surface area contributed by atoms with Crippen molar-refractivity contribution in [3.8, 4) is 0 Å². The van der Waals surface area contributed by atoms with E-state index in [-0.39, 0.29) is 34.4 Å². The summed E-state index contributed by atoms with van der Waals surface area (Å²) in [5.41, 5.74) is -2.95. The third kappa shape index (κ3) is 6.28. The van der Waals surface area contributed by atoms with Crippen LogP contribution in [0.25, 0.3) is 10.8 Å². The Bertz CT molecular complexity index is 1470. The van der Waals surface area contributed by atoms with Crippen LogP contribution < -0.4 is 10.6 Å². The predicted octanol–water partition coefficient (Wildman–Crippen LogP) is 6.98. The maximum atomic E-state index is 14.4. The molecule has 0 saturated carbocycles. The van der Waals surface area contributed by atoms with Crippen LogP contribution in [0.5, 0.6) is 0 Å². The number of nitrogens with one attached hydrogen (secondary N) is 2. The van der Waals surface area contributed by atoms with Crippen LogP contribution in [0.15, 0.2) is 59.8 Å². The first kappa shape index (κ1) is 29.5. The monoisotopic (exact) mass is 595 g/mol. The molecule has 12 heteroatoms. The van der Waals surface area contributed by atoms with E-state index in [0.717, 1.165) is 12.1 Å². The molecule has 2 amide bonds. The van der Waals surface area contributed by atoms with Gasteiger partial charge in [-0.3, -0.25) is 4.79 Å². The Balaban J connectivity index is 1.56. The molecule has 1 atom stereocenters. The Labute approximate surface area is 238 Å². The molecule has 3 aromatic carbocycles. The molecule has 0 aliphatic carbocycles. The molecule has 3 aromatic rings. The predicted molar refractivity (Wildman–Crippen MR) is 147 cm³/mol. The van der Waals surface area contributed by atoms with Gasteiger partial charge in [-0.25, -0.2) is 4.79 Å². The van der Waals surface area contributed by atoms with Crippen molar-refractivity contribution in [1.82, 2.24) is 10.6 Å². The third-order valence-corrected chi connectivity index (χ3v) is 6.51. The average Bonchev–Trinajstić information content (AvgIpc) is 3.31. The smallest absolute Gasteiger partial charge is 0.435 e. The first-order valence-electron chi connectivity index (χ1n) is 12.3. The minimum atomic E-state index is -4.84. The third-order valence-electron chi connectivity index (χ3n) is 6.07. The molecular weight excluding hydrogens is 570 g/mol. The van der Waals surface area contributed by atoms with E-state index in [2.05, 4.69) is 15.8 Å². The Morgan fingerprint density at radius 1 is 0.975 bits per heavy atom. The molecule has 0 saturated heterocycles. The Hall–Kier alpha value is -3.50. The van der Waals surface area contributed by atoms with Gasteiger partial charge in [-0.05, 0) is 55.8 Å². The summed E-state index contributed by atoms with van der Waals surface area (Å²) in [5, 5.41) is 10.2. The number of carbonyl (C=O) groups excluding carboxylic acids is 2. The van der Waals surface area contributed by atoms with E-state index < -0.39 is 35.8 Å². The number of carbonyl (C=O) groups is 2. The molecule has 0 fully saturated rings. The summed E-state index contributed by atoms with van der Waals surface area (Å²) >= 11 is 12.0. The lowest BCUT2D eigenvalue weighted by molar-refractivity contribution is -0.275. The van der Waals surface area contributed by atoms with Gasteiger partial charge < -0.3 is 20.2 Å². The van der Waals surface area contributed by atoms with Crippen LogP contribution in [0.1, 0.15) is 48.7 Å². The normalized spacial score (nSPS) is 17.2. The molecule has 212 valence electrons. The SMILES string of the molecule is CC(C)(C)OC(=O)NCCNC(=O)c1ccc(C2=NOC(c3cc(Cl)cc(Cl)c3)(C(F)(F)F)C2)c2ccccc12. The first-order chi connectivity index (χ1) is 18.7. The molecule has 1 aliphatic heterocycles. The van der Waals surface area contributed by atoms with Gasteiger partial charge in [-0.2, -0.15) is 13.2 Å². The highest BCUT2D eigenvalue weighted by atomic mass is 35.5. The van der Waals surface area contributed by atoms with Crippen molar-refractivity contribution in [2.45, 2.75) is 44.6 Å². The number of rotatable bonds is 6. The molecule has 2 N–H and O–H groups in total. The van der Waals surface area contributed by atoms with Crippen molar-refractivity contribution in [2.75, 3.05) is 13.1 Å². The number of amides is 2. The second-order valence-corrected chi connectivity index (χ2v) is 11.1. The number of alkyl halides is 3. The first-order valence-corrected chi connectivity index (χ1v) is 13.0. The molecule has 7 nitrogen and oxygen atoms in total. The van der Waals surface area contributed by atoms with Crippen LogP contribution in [0, 0.1) is 0 Å². The van der Waals surface area contributed by atoms with E-state index in [0.29, 0.717) is 21.9 Å². The van der Waals surface area contributed by atoms with Crippen molar-refractivity contribution < 1.29 is 32.3 Å². The van der Waals surface area contributed by atoms with E-state index in [1.807, 2.05) is 0 Å². The molecular formula is C28H26Cl2F3N3O4. The quantitative estimate of drug-likeness (QED) is 0.301. The van der Waals surface area contributed by atoms with Gasteiger partial charge in [0.25, 0.3) is 11.5 Å². The Morgan fingerprint density at radius 3 is 2.23 bits per heavy atom. The lowest BCUT2D eigenvalue weighted by atomic mass is 9.85. The molecule has 40 heavy (non-hydrogen) atoms. The number of hydrogen-bond donors (Lipinski definition) is 2. The van der Waals surface area contributed by atoms with E-state index in [1.165, 1.54) is 18.2 Å². The van der Waals surface area contributed by atoms with Gasteiger partial charge in [0.1, 0.15) is 5.60 Å². The van der Waals surface area contributed by atoms with Crippen LogP contribution >= 0.6 is 23.2 Å². The van der Waals surface area contributed by atoms with Crippen LogP contribution in [0.2, 0.25) is 10.0 Å². The summed E-state index contributed by atoms with van der Waals surface area (Å²) in [4.78, 5) is 29.9. The van der Waals surface area contributed by atoms with E-state index >= 15 is 0 Å². The second-order valence-electron chi connectivity index (χ2n) is 10.2. The van der Waals surface area contributed by atoms with Crippen molar-refractivity contribution >= 4 is 51.7 Å². The summed E-state index contributed by atoms with van der Waals surface area (Å²) in [6.45, 7) is 5.48. The second kappa shape index (κ2) is 11.2. The summed E-state index contributed by atoms with van der Waals surface area (Å²) in [5.74, 6) is -0.420. The number of alkyl carbamates (subject to hydrolysis) is 1. The van der Waals surface area contributed by atoms with E-state index in [1.54, 1.807) is 45.0 Å². The lowest BCUT2D eigenvalue weighted by Gasteiger charge is -2.29. The number of oxime groups is 1. The van der Waals surface area contributed by atoms with Gasteiger partial charge in [-0.15, -0.1) is 0 Å². The number of halogens is 5. The van der Waals surface area contributed by atoms with Gasteiger partial charge in [0.15, 0.2) is 0 Å². The summed E-state index contributed by atoms with van der Waals surface area (Å²) in [6.07, 6.45) is -6.07. The molecule has 4 rings (SSSR count). The maximum Gasteiger partial charge on any atom is 0.435 e. The van der Waals surface area contributed by atoms with Gasteiger partial charge in [0.2, 0.25) is 0 Å². The number of hydrogen-bond acceptors (Lipinski definition) is 5. The fourth-order valence-corrected chi connectivity index (χ4v) is 4.86. The zero-order chi connectivity index (χ0) is 29.3. The van der Waals surface area contributed by atoms with E-state index in [4.69, 9.17) is 32.8 Å². The van der Waals surface area contributed by atoms with Gasteiger partial charge in [0, 0.05) is 46.2 Å². The van der Waals surface area contributed by atoms with Gasteiger partial charge >= 0.3 is 12.3 Å². The van der Waals surface area contributed by atoms with Crippen LogP contribution in [-0.4, -0.2) is 42.6 Å². The topological polar surface area (TPSA) is 89.0 Å². The molecule has 0 spiro atoms. The maximum absolute atomic E-state index is 14.4. The summed E-state index contributed by atoms with van der Waals surface area (Å²) in [6, 6.07) is 13.5. The van der Waals surface area contributed by atoms with Crippen molar-refractivity contribution in [2.24, 2.45) is 5.16 Å². The minimum absolute atomic E-state index is 0.0327. The standard InChI is InChI=1S/C28H26Cl2F3N3O4/c1-26(2,3)39-25(38)35-11-10-34-24(37)22-9-8-21(19-6-4-5-7-20(19)22)23-15-27(40-36-23,28(31,32)33)16-12-17(29)14-18(30)13-16/h4-9,12-14H,10-11,15H2,1-3H3,(H,34,37)(H,35,38). The van der Waals surface area contributed by atoms with Gasteiger partial charge in [-0.1, -0.05) is 58.7 Å². The zero-order valence-electron chi connectivity index (χ0n) is 21.8. The average molecular weight is 596 g/mol.